The molecule has 0 radical (unpaired) electrons. The Morgan fingerprint density at radius 1 is 0.931 bits per heavy atom. The van der Waals surface area contributed by atoms with Gasteiger partial charge in [-0.3, -0.25) is 4.79 Å². The van der Waals surface area contributed by atoms with Gasteiger partial charge in [0.05, 0.1) is 31.4 Å². The molecular formula is C22H16O7. The maximum atomic E-state index is 13.0. The SMILES string of the molecule is COc1ccc(C(=O)Oc2c(-c3ccco3)oc3ccccc3c2=O)cc1OC. The minimum atomic E-state index is -0.749. The molecule has 0 spiro atoms. The molecular weight excluding hydrogens is 376 g/mol. The van der Waals surface area contributed by atoms with Crippen molar-refractivity contribution in [2.45, 2.75) is 0 Å². The quantitative estimate of drug-likeness (QED) is 0.468. The van der Waals surface area contributed by atoms with Crippen molar-refractivity contribution in [2.24, 2.45) is 0 Å². The molecule has 146 valence electrons. The minimum absolute atomic E-state index is 0.0347. The maximum Gasteiger partial charge on any atom is 0.343 e. The van der Waals surface area contributed by atoms with Crippen molar-refractivity contribution in [3.8, 4) is 28.8 Å². The van der Waals surface area contributed by atoms with Gasteiger partial charge in [-0.25, -0.2) is 4.79 Å². The summed E-state index contributed by atoms with van der Waals surface area (Å²) in [4.78, 5) is 25.8. The summed E-state index contributed by atoms with van der Waals surface area (Å²) in [7, 11) is 2.95. The van der Waals surface area contributed by atoms with Gasteiger partial charge in [-0.2, -0.15) is 0 Å². The average Bonchev–Trinajstić information content (AvgIpc) is 3.29. The highest BCUT2D eigenvalue weighted by molar-refractivity contribution is 5.93. The predicted octanol–water partition coefficient (Wildman–Crippen LogP) is 4.29. The summed E-state index contributed by atoms with van der Waals surface area (Å²) in [6.07, 6.45) is 1.43. The van der Waals surface area contributed by atoms with E-state index in [1.165, 1.54) is 32.6 Å². The van der Waals surface area contributed by atoms with E-state index in [0.29, 0.717) is 17.1 Å². The van der Waals surface area contributed by atoms with Crippen LogP contribution in [0.2, 0.25) is 0 Å². The van der Waals surface area contributed by atoms with Crippen LogP contribution in [0.1, 0.15) is 10.4 Å². The summed E-state index contributed by atoms with van der Waals surface area (Å²) in [6.45, 7) is 0. The number of hydrogen-bond acceptors (Lipinski definition) is 7. The second-order valence-corrected chi connectivity index (χ2v) is 6.02. The van der Waals surface area contributed by atoms with E-state index < -0.39 is 11.4 Å². The van der Waals surface area contributed by atoms with Crippen LogP contribution in [0.15, 0.2) is 74.5 Å². The lowest BCUT2D eigenvalue weighted by molar-refractivity contribution is 0.0730. The molecule has 0 N–H and O–H groups in total. The molecule has 0 atom stereocenters. The van der Waals surface area contributed by atoms with Gasteiger partial charge in [0, 0.05) is 0 Å². The standard InChI is InChI=1S/C22H16O7/c1-25-16-10-9-13(12-18(16)26-2)22(24)29-21-19(23)14-6-3-4-7-15(14)28-20(21)17-8-5-11-27-17/h3-12H,1-2H3. The molecule has 0 aliphatic heterocycles. The topological polar surface area (TPSA) is 88.1 Å². The van der Waals surface area contributed by atoms with Crippen LogP contribution in [-0.4, -0.2) is 20.2 Å². The van der Waals surface area contributed by atoms with Crippen LogP contribution < -0.4 is 19.6 Å². The molecule has 0 saturated heterocycles. The van der Waals surface area contributed by atoms with Crippen molar-refractivity contribution in [3.05, 3.63) is 76.6 Å². The molecule has 2 aromatic heterocycles. The van der Waals surface area contributed by atoms with E-state index in [1.54, 1.807) is 42.5 Å². The van der Waals surface area contributed by atoms with Gasteiger partial charge in [0.2, 0.25) is 16.9 Å². The lowest BCUT2D eigenvalue weighted by Crippen LogP contribution is -2.16. The fourth-order valence-electron chi connectivity index (χ4n) is 2.90. The van der Waals surface area contributed by atoms with Gasteiger partial charge in [-0.05, 0) is 42.5 Å². The number of carbonyl (C=O) groups excluding carboxylic acids is 1. The van der Waals surface area contributed by atoms with Crippen molar-refractivity contribution < 1.29 is 27.8 Å². The van der Waals surface area contributed by atoms with Gasteiger partial charge in [-0.15, -0.1) is 0 Å². The zero-order chi connectivity index (χ0) is 20.4. The van der Waals surface area contributed by atoms with Gasteiger partial charge in [-0.1, -0.05) is 12.1 Å². The molecule has 0 bridgehead atoms. The highest BCUT2D eigenvalue weighted by Gasteiger charge is 2.23. The van der Waals surface area contributed by atoms with Gasteiger partial charge in [0.25, 0.3) is 0 Å². The van der Waals surface area contributed by atoms with E-state index in [0.717, 1.165) is 0 Å². The Morgan fingerprint density at radius 3 is 2.45 bits per heavy atom. The normalized spacial score (nSPS) is 10.7. The number of methoxy groups -OCH3 is 2. The monoisotopic (exact) mass is 392 g/mol. The number of hydrogen-bond donors (Lipinski definition) is 0. The minimum Gasteiger partial charge on any atom is -0.493 e. The number of rotatable bonds is 5. The fraction of sp³-hybridized carbons (Fsp3) is 0.0909. The van der Waals surface area contributed by atoms with Crippen LogP contribution >= 0.6 is 0 Å². The molecule has 0 amide bonds. The Bertz CT molecular complexity index is 1240. The lowest BCUT2D eigenvalue weighted by atomic mass is 10.1. The molecule has 29 heavy (non-hydrogen) atoms. The van der Waals surface area contributed by atoms with Crippen LogP contribution in [0.5, 0.6) is 17.2 Å². The summed E-state index contributed by atoms with van der Waals surface area (Å²) in [6, 6.07) is 14.5. The van der Waals surface area contributed by atoms with Gasteiger partial charge in [0.1, 0.15) is 5.58 Å². The van der Waals surface area contributed by atoms with E-state index in [2.05, 4.69) is 0 Å². The summed E-state index contributed by atoms with van der Waals surface area (Å²) in [5.41, 5.74) is 0.0579. The molecule has 0 aliphatic carbocycles. The van der Waals surface area contributed by atoms with Crippen LogP contribution in [-0.2, 0) is 0 Å². The van der Waals surface area contributed by atoms with Crippen molar-refractivity contribution >= 4 is 16.9 Å². The number of carbonyl (C=O) groups is 1. The molecule has 0 fully saturated rings. The number of esters is 1. The van der Waals surface area contributed by atoms with Gasteiger partial charge in [0.15, 0.2) is 17.3 Å². The summed E-state index contributed by atoms with van der Waals surface area (Å²) >= 11 is 0. The Kier molecular flexibility index (Phi) is 4.78. The molecule has 0 aliphatic rings. The van der Waals surface area contributed by atoms with Gasteiger partial charge < -0.3 is 23.0 Å². The van der Waals surface area contributed by atoms with Crippen molar-refractivity contribution in [1.82, 2.24) is 0 Å². The van der Waals surface area contributed by atoms with E-state index in [9.17, 15) is 9.59 Å². The third kappa shape index (κ3) is 3.34. The van der Waals surface area contributed by atoms with Crippen molar-refractivity contribution in [2.75, 3.05) is 14.2 Å². The predicted molar refractivity (Wildman–Crippen MR) is 105 cm³/mol. The van der Waals surface area contributed by atoms with Crippen LogP contribution in [0, 0.1) is 0 Å². The fourth-order valence-corrected chi connectivity index (χ4v) is 2.90. The number of ether oxygens (including phenoxy) is 3. The largest absolute Gasteiger partial charge is 0.493 e. The molecule has 4 rings (SSSR count). The second kappa shape index (κ2) is 7.55. The summed E-state index contributed by atoms with van der Waals surface area (Å²) in [5, 5.41) is 0.290. The Balaban J connectivity index is 1.81. The zero-order valence-corrected chi connectivity index (χ0v) is 15.6. The van der Waals surface area contributed by atoms with Crippen LogP contribution in [0.3, 0.4) is 0 Å². The van der Waals surface area contributed by atoms with Crippen LogP contribution in [0.25, 0.3) is 22.5 Å². The second-order valence-electron chi connectivity index (χ2n) is 6.02. The zero-order valence-electron chi connectivity index (χ0n) is 15.6. The lowest BCUT2D eigenvalue weighted by Gasteiger charge is -2.11. The number of furan rings is 1. The Labute approximate surface area is 165 Å². The molecule has 2 heterocycles. The summed E-state index contributed by atoms with van der Waals surface area (Å²) < 4.78 is 27.0. The highest BCUT2D eigenvalue weighted by atomic mass is 16.5. The molecule has 4 aromatic rings. The number of fused-ring (bicyclic) bond motifs is 1. The molecule has 0 saturated carbocycles. The molecule has 7 heteroatoms. The Morgan fingerprint density at radius 2 is 1.72 bits per heavy atom. The van der Waals surface area contributed by atoms with Crippen LogP contribution in [0.4, 0.5) is 0 Å². The first-order valence-electron chi connectivity index (χ1n) is 8.66. The third-order valence-corrected chi connectivity index (χ3v) is 4.32. The average molecular weight is 392 g/mol. The van der Waals surface area contributed by atoms with E-state index >= 15 is 0 Å². The summed E-state index contributed by atoms with van der Waals surface area (Å²) in [5.74, 6) is 0.125. The number of benzene rings is 2. The molecule has 0 unspecified atom stereocenters. The highest BCUT2D eigenvalue weighted by Crippen LogP contribution is 2.32. The first-order chi connectivity index (χ1) is 14.1. The molecule has 7 nitrogen and oxygen atoms in total. The van der Waals surface area contributed by atoms with E-state index in [-0.39, 0.29) is 28.2 Å². The first kappa shape index (κ1) is 18.4. The van der Waals surface area contributed by atoms with Crippen molar-refractivity contribution in [1.29, 1.82) is 0 Å². The molecule has 2 aromatic carbocycles. The smallest absolute Gasteiger partial charge is 0.343 e. The first-order valence-corrected chi connectivity index (χ1v) is 8.66. The number of para-hydroxylation sites is 1. The third-order valence-electron chi connectivity index (χ3n) is 4.32. The Hall–Kier alpha value is -4.00. The van der Waals surface area contributed by atoms with E-state index in [1.807, 2.05) is 0 Å². The van der Waals surface area contributed by atoms with E-state index in [4.69, 9.17) is 23.0 Å². The maximum absolute atomic E-state index is 13.0. The van der Waals surface area contributed by atoms with Crippen molar-refractivity contribution in [3.63, 3.8) is 0 Å². The van der Waals surface area contributed by atoms with Gasteiger partial charge >= 0.3 is 5.97 Å².